The minimum Gasteiger partial charge on any atom is -0.324 e. The SMILES string of the molecule is Cc1cnc(Nc2ccc(CN3CCN(C)CC3)cc2)nc1-c1ccc(C(C)(C)N)cc1. The molecule has 6 nitrogen and oxygen atoms in total. The Kier molecular flexibility index (Phi) is 6.55. The zero-order valence-electron chi connectivity index (χ0n) is 19.6. The van der Waals surface area contributed by atoms with Crippen LogP contribution in [-0.4, -0.2) is 53.0 Å². The average molecular weight is 431 g/mol. The molecule has 2 aromatic carbocycles. The molecule has 0 radical (unpaired) electrons. The van der Waals surface area contributed by atoms with E-state index in [1.54, 1.807) is 0 Å². The summed E-state index contributed by atoms with van der Waals surface area (Å²) in [5, 5.41) is 3.35. The summed E-state index contributed by atoms with van der Waals surface area (Å²) in [6, 6.07) is 16.9. The molecule has 0 bridgehead atoms. The molecule has 32 heavy (non-hydrogen) atoms. The summed E-state index contributed by atoms with van der Waals surface area (Å²) < 4.78 is 0. The zero-order valence-corrected chi connectivity index (χ0v) is 19.6. The van der Waals surface area contributed by atoms with Crippen molar-refractivity contribution in [1.82, 2.24) is 19.8 Å². The second kappa shape index (κ2) is 9.36. The molecule has 0 aliphatic carbocycles. The second-order valence-corrected chi connectivity index (χ2v) is 9.43. The monoisotopic (exact) mass is 430 g/mol. The lowest BCUT2D eigenvalue weighted by molar-refractivity contribution is 0.148. The number of aryl methyl sites for hydroxylation is 1. The van der Waals surface area contributed by atoms with Crippen molar-refractivity contribution in [1.29, 1.82) is 0 Å². The molecule has 3 aromatic rings. The normalized spacial score (nSPS) is 15.7. The lowest BCUT2D eigenvalue weighted by Crippen LogP contribution is -2.43. The van der Waals surface area contributed by atoms with Crippen LogP contribution in [0.3, 0.4) is 0 Å². The number of likely N-dealkylation sites (N-methyl/N-ethyl adjacent to an activating group) is 1. The summed E-state index contributed by atoms with van der Waals surface area (Å²) in [6.07, 6.45) is 1.87. The predicted octanol–water partition coefficient (Wildman–Crippen LogP) is 4.14. The number of piperazine rings is 1. The summed E-state index contributed by atoms with van der Waals surface area (Å²) >= 11 is 0. The van der Waals surface area contributed by atoms with E-state index in [1.807, 2.05) is 27.0 Å². The first-order valence-corrected chi connectivity index (χ1v) is 11.3. The van der Waals surface area contributed by atoms with Crippen molar-refractivity contribution in [2.75, 3.05) is 38.5 Å². The standard InChI is InChI=1S/C26H34N6/c1-19-17-28-25(30-24(19)21-7-9-22(10-8-21)26(2,3)27)29-23-11-5-20(6-12-23)18-32-15-13-31(4)14-16-32/h5-12,17H,13-16,18,27H2,1-4H3,(H,28,29,30). The number of aromatic nitrogens is 2. The van der Waals surface area contributed by atoms with E-state index in [9.17, 15) is 0 Å². The molecule has 2 heterocycles. The van der Waals surface area contributed by atoms with Gasteiger partial charge in [0.2, 0.25) is 5.95 Å². The van der Waals surface area contributed by atoms with Crippen molar-refractivity contribution in [3.63, 3.8) is 0 Å². The van der Waals surface area contributed by atoms with Gasteiger partial charge in [-0.25, -0.2) is 9.97 Å². The third-order valence-electron chi connectivity index (χ3n) is 6.09. The summed E-state index contributed by atoms with van der Waals surface area (Å²) in [4.78, 5) is 14.2. The van der Waals surface area contributed by atoms with Crippen molar-refractivity contribution in [3.8, 4) is 11.3 Å². The molecule has 4 rings (SSSR count). The Morgan fingerprint density at radius 3 is 2.25 bits per heavy atom. The van der Waals surface area contributed by atoms with Gasteiger partial charge in [0, 0.05) is 55.7 Å². The van der Waals surface area contributed by atoms with E-state index in [0.29, 0.717) is 5.95 Å². The highest BCUT2D eigenvalue weighted by molar-refractivity contribution is 5.65. The van der Waals surface area contributed by atoms with E-state index in [-0.39, 0.29) is 5.54 Å². The van der Waals surface area contributed by atoms with Gasteiger partial charge in [-0.1, -0.05) is 36.4 Å². The van der Waals surface area contributed by atoms with Crippen LogP contribution in [0.5, 0.6) is 0 Å². The van der Waals surface area contributed by atoms with Crippen molar-refractivity contribution >= 4 is 11.6 Å². The lowest BCUT2D eigenvalue weighted by atomic mass is 9.94. The Bertz CT molecular complexity index is 1030. The fourth-order valence-corrected chi connectivity index (χ4v) is 3.94. The van der Waals surface area contributed by atoms with Crippen LogP contribution >= 0.6 is 0 Å². The van der Waals surface area contributed by atoms with Gasteiger partial charge in [-0.05, 0) is 56.6 Å². The summed E-state index contributed by atoms with van der Waals surface area (Å²) in [5.41, 5.74) is 12.3. The molecule has 1 fully saturated rings. The summed E-state index contributed by atoms with van der Waals surface area (Å²) in [7, 11) is 2.19. The quantitative estimate of drug-likeness (QED) is 0.613. The third kappa shape index (κ3) is 5.51. The van der Waals surface area contributed by atoms with Gasteiger partial charge in [-0.15, -0.1) is 0 Å². The molecule has 1 aliphatic heterocycles. The third-order valence-corrected chi connectivity index (χ3v) is 6.09. The minimum absolute atomic E-state index is 0.359. The van der Waals surface area contributed by atoms with Gasteiger partial charge < -0.3 is 16.0 Å². The molecule has 0 spiro atoms. The van der Waals surface area contributed by atoms with E-state index < -0.39 is 0 Å². The number of rotatable bonds is 6. The Labute approximate surface area is 191 Å². The van der Waals surface area contributed by atoms with Crippen LogP contribution in [0.15, 0.2) is 54.7 Å². The maximum absolute atomic E-state index is 6.21. The highest BCUT2D eigenvalue weighted by Gasteiger charge is 2.15. The van der Waals surface area contributed by atoms with Gasteiger partial charge >= 0.3 is 0 Å². The predicted molar refractivity (Wildman–Crippen MR) is 132 cm³/mol. The van der Waals surface area contributed by atoms with Gasteiger partial charge in [0.15, 0.2) is 0 Å². The molecule has 168 valence electrons. The maximum Gasteiger partial charge on any atom is 0.227 e. The van der Waals surface area contributed by atoms with Crippen molar-refractivity contribution in [2.45, 2.75) is 32.9 Å². The number of nitrogens with zero attached hydrogens (tertiary/aromatic N) is 4. The number of anilines is 2. The fraction of sp³-hybridized carbons (Fsp3) is 0.385. The molecular formula is C26H34N6. The smallest absolute Gasteiger partial charge is 0.227 e. The van der Waals surface area contributed by atoms with Gasteiger partial charge in [0.25, 0.3) is 0 Å². The Balaban J connectivity index is 1.44. The molecule has 3 N–H and O–H groups in total. The van der Waals surface area contributed by atoms with Gasteiger partial charge in [-0.3, -0.25) is 4.90 Å². The highest BCUT2D eigenvalue weighted by Crippen LogP contribution is 2.26. The molecule has 1 saturated heterocycles. The van der Waals surface area contributed by atoms with Crippen LogP contribution in [0.2, 0.25) is 0 Å². The molecule has 1 aromatic heterocycles. The van der Waals surface area contributed by atoms with Gasteiger partial charge in [-0.2, -0.15) is 0 Å². The second-order valence-electron chi connectivity index (χ2n) is 9.43. The van der Waals surface area contributed by atoms with E-state index in [0.717, 1.165) is 60.8 Å². The Morgan fingerprint density at radius 2 is 1.62 bits per heavy atom. The molecular weight excluding hydrogens is 396 g/mol. The summed E-state index contributed by atoms with van der Waals surface area (Å²) in [5.74, 6) is 0.598. The van der Waals surface area contributed by atoms with Crippen molar-refractivity contribution in [3.05, 3.63) is 71.4 Å². The minimum atomic E-state index is -0.359. The van der Waals surface area contributed by atoms with Crippen LogP contribution in [0.25, 0.3) is 11.3 Å². The van der Waals surface area contributed by atoms with Crippen molar-refractivity contribution < 1.29 is 0 Å². The van der Waals surface area contributed by atoms with Crippen LogP contribution < -0.4 is 11.1 Å². The first-order chi connectivity index (χ1) is 15.3. The van der Waals surface area contributed by atoms with Gasteiger partial charge in [0.1, 0.15) is 0 Å². The van der Waals surface area contributed by atoms with Gasteiger partial charge in [0.05, 0.1) is 5.69 Å². The largest absolute Gasteiger partial charge is 0.324 e. The summed E-state index contributed by atoms with van der Waals surface area (Å²) in [6.45, 7) is 11.6. The number of hydrogen-bond acceptors (Lipinski definition) is 6. The number of hydrogen-bond donors (Lipinski definition) is 2. The lowest BCUT2D eigenvalue weighted by Gasteiger charge is -2.32. The van der Waals surface area contributed by atoms with Crippen molar-refractivity contribution in [2.24, 2.45) is 5.73 Å². The van der Waals surface area contributed by atoms with E-state index >= 15 is 0 Å². The molecule has 0 saturated carbocycles. The van der Waals surface area contributed by atoms with E-state index in [4.69, 9.17) is 10.7 Å². The molecule has 0 unspecified atom stereocenters. The Hall–Kier alpha value is -2.80. The highest BCUT2D eigenvalue weighted by atomic mass is 15.2. The first kappa shape index (κ1) is 22.4. The number of nitrogens with two attached hydrogens (primary N) is 1. The Morgan fingerprint density at radius 1 is 0.969 bits per heavy atom. The maximum atomic E-state index is 6.21. The number of benzene rings is 2. The average Bonchev–Trinajstić information content (AvgIpc) is 2.77. The molecule has 1 aliphatic rings. The van der Waals surface area contributed by atoms with E-state index in [2.05, 4.69) is 75.7 Å². The number of nitrogens with one attached hydrogen (secondary N) is 1. The zero-order chi connectivity index (χ0) is 22.7. The van der Waals surface area contributed by atoms with Crippen LogP contribution in [0, 0.1) is 6.92 Å². The molecule has 0 amide bonds. The molecule has 6 heteroatoms. The topological polar surface area (TPSA) is 70.3 Å². The van der Waals surface area contributed by atoms with Crippen LogP contribution in [0.1, 0.15) is 30.5 Å². The van der Waals surface area contributed by atoms with Crippen LogP contribution in [0.4, 0.5) is 11.6 Å². The molecule has 0 atom stereocenters. The fourth-order valence-electron chi connectivity index (χ4n) is 3.94. The van der Waals surface area contributed by atoms with Crippen LogP contribution in [-0.2, 0) is 12.1 Å². The first-order valence-electron chi connectivity index (χ1n) is 11.3. The van der Waals surface area contributed by atoms with E-state index in [1.165, 1.54) is 5.56 Å².